The molecule has 0 aromatic heterocycles. The summed E-state index contributed by atoms with van der Waals surface area (Å²) in [5, 5.41) is 11.3. The first-order valence-electron chi connectivity index (χ1n) is 16.6. The van der Waals surface area contributed by atoms with Crippen LogP contribution in [0, 0.1) is 11.8 Å². The highest BCUT2D eigenvalue weighted by atomic mass is 32.2. The van der Waals surface area contributed by atoms with Gasteiger partial charge in [-0.15, -0.1) is 0 Å². The van der Waals surface area contributed by atoms with Crippen LogP contribution in [-0.2, 0) is 32.4 Å². The SMILES string of the molecule is CC(=O)Oc1ccc2c3c1O[C@H]1[C@@H](N(CC(C)C)S(=O)(=O)Cc4ccccc4)CC[C@H]4[C@@H](C2)N(CC(O)c2ccccc2)CC[C@@]341. The summed E-state index contributed by atoms with van der Waals surface area (Å²) in [5.74, 6) is 0.878. The Hall–Kier alpha value is -3.24. The smallest absolute Gasteiger partial charge is 0.308 e. The molecule has 2 bridgehead atoms. The van der Waals surface area contributed by atoms with Crippen molar-refractivity contribution in [1.82, 2.24) is 9.21 Å². The maximum Gasteiger partial charge on any atom is 0.308 e. The molecule has 46 heavy (non-hydrogen) atoms. The van der Waals surface area contributed by atoms with E-state index in [9.17, 15) is 18.3 Å². The monoisotopic (exact) mass is 644 g/mol. The number of aliphatic hydroxyl groups is 1. The predicted octanol–water partition coefficient (Wildman–Crippen LogP) is 5.24. The van der Waals surface area contributed by atoms with Crippen LogP contribution >= 0.6 is 0 Å². The summed E-state index contributed by atoms with van der Waals surface area (Å²) in [4.78, 5) is 14.6. The van der Waals surface area contributed by atoms with Crippen LogP contribution in [0.3, 0.4) is 0 Å². The number of carbonyl (C=O) groups excluding carboxylic acids is 1. The molecule has 9 heteroatoms. The van der Waals surface area contributed by atoms with Gasteiger partial charge >= 0.3 is 5.97 Å². The third-order valence-electron chi connectivity index (χ3n) is 10.7. The summed E-state index contributed by atoms with van der Waals surface area (Å²) in [6.45, 7) is 7.21. The van der Waals surface area contributed by atoms with E-state index in [0.29, 0.717) is 31.0 Å². The fraction of sp³-hybridized carbons (Fsp3) is 0.486. The minimum absolute atomic E-state index is 0.0646. The van der Waals surface area contributed by atoms with Crippen LogP contribution < -0.4 is 9.47 Å². The quantitative estimate of drug-likeness (QED) is 0.238. The van der Waals surface area contributed by atoms with Gasteiger partial charge in [-0.3, -0.25) is 9.69 Å². The first kappa shape index (κ1) is 31.4. The zero-order valence-corrected chi connectivity index (χ0v) is 27.7. The van der Waals surface area contributed by atoms with Crippen molar-refractivity contribution in [3.8, 4) is 11.5 Å². The molecule has 3 aromatic rings. The minimum Gasteiger partial charge on any atom is -0.484 e. The Morgan fingerprint density at radius 1 is 1.07 bits per heavy atom. The molecule has 2 aliphatic heterocycles. The summed E-state index contributed by atoms with van der Waals surface area (Å²) >= 11 is 0. The van der Waals surface area contributed by atoms with E-state index in [2.05, 4.69) is 24.8 Å². The number of sulfonamides is 1. The number of nitrogens with zero attached hydrogens (tertiary/aromatic N) is 2. The van der Waals surface area contributed by atoms with Gasteiger partial charge in [0.2, 0.25) is 10.0 Å². The van der Waals surface area contributed by atoms with E-state index in [1.165, 1.54) is 6.92 Å². The predicted molar refractivity (Wildman–Crippen MR) is 176 cm³/mol. The van der Waals surface area contributed by atoms with Crippen LogP contribution in [0.4, 0.5) is 0 Å². The Bertz CT molecular complexity index is 1700. The van der Waals surface area contributed by atoms with Crippen molar-refractivity contribution < 1.29 is 27.8 Å². The molecular formula is C37H44N2O6S. The van der Waals surface area contributed by atoms with Crippen molar-refractivity contribution in [2.24, 2.45) is 11.8 Å². The molecule has 244 valence electrons. The highest BCUT2D eigenvalue weighted by molar-refractivity contribution is 7.88. The molecule has 1 unspecified atom stereocenters. The van der Waals surface area contributed by atoms with Gasteiger partial charge in [0.15, 0.2) is 11.5 Å². The average molecular weight is 645 g/mol. The van der Waals surface area contributed by atoms with Crippen LogP contribution in [-0.4, -0.2) is 66.5 Å². The third kappa shape index (κ3) is 5.35. The van der Waals surface area contributed by atoms with E-state index in [1.807, 2.05) is 66.7 Å². The fourth-order valence-corrected chi connectivity index (χ4v) is 11.0. The number of rotatable bonds is 10. The number of benzene rings is 3. The van der Waals surface area contributed by atoms with Gasteiger partial charge in [0.25, 0.3) is 0 Å². The highest BCUT2D eigenvalue weighted by Crippen LogP contribution is 2.64. The number of likely N-dealkylation sites (tertiary alicyclic amines) is 1. The van der Waals surface area contributed by atoms with Crippen LogP contribution in [0.5, 0.6) is 11.5 Å². The second kappa shape index (κ2) is 12.1. The Morgan fingerprint density at radius 3 is 2.48 bits per heavy atom. The van der Waals surface area contributed by atoms with E-state index in [4.69, 9.17) is 9.47 Å². The lowest BCUT2D eigenvalue weighted by Crippen LogP contribution is -2.69. The van der Waals surface area contributed by atoms with Gasteiger partial charge < -0.3 is 14.6 Å². The number of carbonyl (C=O) groups is 1. The molecule has 4 aliphatic rings. The van der Waals surface area contributed by atoms with Crippen molar-refractivity contribution in [2.45, 2.75) is 81.9 Å². The van der Waals surface area contributed by atoms with Gasteiger partial charge in [-0.25, -0.2) is 8.42 Å². The molecule has 1 spiro atoms. The lowest BCUT2D eigenvalue weighted by molar-refractivity contribution is -0.132. The third-order valence-corrected chi connectivity index (χ3v) is 12.5. The maximum absolute atomic E-state index is 14.3. The summed E-state index contributed by atoms with van der Waals surface area (Å²) < 4.78 is 43.0. The number of esters is 1. The van der Waals surface area contributed by atoms with Crippen molar-refractivity contribution in [3.05, 3.63) is 95.1 Å². The fourth-order valence-electron chi connectivity index (χ4n) is 9.03. The van der Waals surface area contributed by atoms with E-state index in [1.54, 1.807) is 4.31 Å². The molecule has 2 aliphatic carbocycles. The van der Waals surface area contributed by atoms with Crippen LogP contribution in [0.2, 0.25) is 0 Å². The van der Waals surface area contributed by atoms with Gasteiger partial charge in [0.05, 0.1) is 17.9 Å². The topological polar surface area (TPSA) is 96.4 Å². The molecular weight excluding hydrogens is 600 g/mol. The molecule has 7 rings (SSSR count). The van der Waals surface area contributed by atoms with Crippen molar-refractivity contribution in [2.75, 3.05) is 19.6 Å². The summed E-state index contributed by atoms with van der Waals surface area (Å²) in [7, 11) is -3.70. The Morgan fingerprint density at radius 2 is 1.78 bits per heavy atom. The molecule has 0 amide bonds. The van der Waals surface area contributed by atoms with E-state index >= 15 is 0 Å². The van der Waals surface area contributed by atoms with E-state index in [0.717, 1.165) is 48.1 Å². The number of ether oxygens (including phenoxy) is 2. The van der Waals surface area contributed by atoms with Crippen molar-refractivity contribution in [1.29, 1.82) is 0 Å². The molecule has 2 heterocycles. The Labute approximate surface area is 272 Å². The normalized spacial score (nSPS) is 27.3. The van der Waals surface area contributed by atoms with Crippen molar-refractivity contribution >= 4 is 16.0 Å². The van der Waals surface area contributed by atoms with Crippen LogP contribution in [0.25, 0.3) is 0 Å². The number of hydrogen-bond acceptors (Lipinski definition) is 7. The van der Waals surface area contributed by atoms with Crippen molar-refractivity contribution in [3.63, 3.8) is 0 Å². The van der Waals surface area contributed by atoms with E-state index in [-0.39, 0.29) is 29.7 Å². The second-order valence-electron chi connectivity index (χ2n) is 14.0. The molecule has 8 nitrogen and oxygen atoms in total. The number of piperidine rings is 1. The van der Waals surface area contributed by atoms with Gasteiger partial charge in [-0.2, -0.15) is 4.31 Å². The summed E-state index contributed by atoms with van der Waals surface area (Å²) in [5.41, 5.74) is 3.53. The van der Waals surface area contributed by atoms with E-state index < -0.39 is 33.6 Å². The molecule has 2 fully saturated rings. The molecule has 1 N–H and O–H groups in total. The minimum atomic E-state index is -3.70. The molecule has 1 saturated carbocycles. The average Bonchev–Trinajstić information content (AvgIpc) is 3.38. The van der Waals surface area contributed by atoms with Gasteiger partial charge in [0.1, 0.15) is 6.10 Å². The highest BCUT2D eigenvalue weighted by Gasteiger charge is 2.67. The zero-order valence-electron chi connectivity index (χ0n) is 26.8. The number of aliphatic hydroxyl groups excluding tert-OH is 1. The van der Waals surface area contributed by atoms with Crippen LogP contribution in [0.15, 0.2) is 72.8 Å². The lowest BCUT2D eigenvalue weighted by Gasteiger charge is -2.60. The first-order chi connectivity index (χ1) is 22.1. The lowest BCUT2D eigenvalue weighted by atomic mass is 9.51. The van der Waals surface area contributed by atoms with Gasteiger partial charge in [-0.05, 0) is 66.8 Å². The molecule has 0 radical (unpaired) electrons. The second-order valence-corrected chi connectivity index (χ2v) is 15.9. The van der Waals surface area contributed by atoms with Gasteiger partial charge in [0, 0.05) is 37.0 Å². The summed E-state index contributed by atoms with van der Waals surface area (Å²) in [6.07, 6.45) is 2.09. The number of hydrogen-bond donors (Lipinski definition) is 1. The molecule has 3 aromatic carbocycles. The summed E-state index contributed by atoms with van der Waals surface area (Å²) in [6, 6.07) is 22.9. The zero-order chi connectivity index (χ0) is 32.2. The largest absolute Gasteiger partial charge is 0.484 e. The number of β-amino-alcohol motifs (C(OH)–C–C–N with tert-alkyl or cyclic N) is 1. The maximum atomic E-state index is 14.3. The first-order valence-corrected chi connectivity index (χ1v) is 18.2. The van der Waals surface area contributed by atoms with Crippen LogP contribution in [0.1, 0.15) is 68.4 Å². The molecule has 6 atom stereocenters. The molecule has 1 saturated heterocycles. The standard InChI is InChI=1S/C37H44N2O6S/c1-24(2)21-39(46(42,43)23-26-10-6-4-7-11-26)30-16-15-29-31-20-28-14-17-33(44-25(3)40)35-34(28)37(29,36(30)45-35)18-19-38(31)22-32(41)27-12-8-5-9-13-27/h4-14,17,24,29-32,36,41H,15-16,18-23H2,1-3H3/t29-,30-,31+,32?,36-,37-/m0/s1. The Kier molecular flexibility index (Phi) is 8.24. The Balaban J connectivity index is 1.29. The van der Waals surface area contributed by atoms with Gasteiger partial charge in [-0.1, -0.05) is 80.6 Å².